The topological polar surface area (TPSA) is 55.4 Å². The van der Waals surface area contributed by atoms with Gasteiger partial charge in [-0.1, -0.05) is 53.6 Å². The van der Waals surface area contributed by atoms with Crippen molar-refractivity contribution in [1.29, 1.82) is 0 Å². The van der Waals surface area contributed by atoms with E-state index in [1.54, 1.807) is 14.0 Å². The molecule has 1 atom stereocenters. The molecule has 4 rings (SSSR count). The molecule has 1 unspecified atom stereocenters. The zero-order chi connectivity index (χ0) is 20.1. The summed E-state index contributed by atoms with van der Waals surface area (Å²) in [6.07, 6.45) is 0. The van der Waals surface area contributed by atoms with Crippen LogP contribution in [-0.4, -0.2) is 18.8 Å². The minimum absolute atomic E-state index is 0.246. The fourth-order valence-corrected chi connectivity index (χ4v) is 4.83. The molecule has 28 heavy (non-hydrogen) atoms. The van der Waals surface area contributed by atoms with Crippen LogP contribution in [0.3, 0.4) is 0 Å². The fraction of sp³-hybridized carbons (Fsp3) is 0.182. The molecule has 1 amide bonds. The monoisotopic (exact) mass is 411 g/mol. The number of carbonyl (C=O) groups is 2. The molecule has 0 spiro atoms. The maximum Gasteiger partial charge on any atom is 0.243 e. The average Bonchev–Trinajstić information content (AvgIpc) is 3.02. The number of ether oxygens (including phenoxy) is 1. The molecule has 0 saturated heterocycles. The summed E-state index contributed by atoms with van der Waals surface area (Å²) in [6, 6.07) is 14.8. The van der Waals surface area contributed by atoms with E-state index in [1.807, 2.05) is 55.5 Å². The molecule has 1 aliphatic heterocycles. The fourth-order valence-electron chi connectivity index (χ4n) is 3.45. The Morgan fingerprint density at radius 2 is 1.64 bits per heavy atom. The first-order valence-electron chi connectivity index (χ1n) is 8.76. The number of methoxy groups -OCH3 is 1. The molecule has 6 heteroatoms. The van der Waals surface area contributed by atoms with Gasteiger partial charge in [-0.05, 0) is 37.1 Å². The van der Waals surface area contributed by atoms with Crippen LogP contribution in [0.25, 0.3) is 11.1 Å². The van der Waals surface area contributed by atoms with Crippen molar-refractivity contribution in [2.24, 2.45) is 0 Å². The molecule has 0 aliphatic carbocycles. The number of aryl methyl sites for hydroxylation is 1. The van der Waals surface area contributed by atoms with Crippen LogP contribution in [0.15, 0.2) is 48.5 Å². The van der Waals surface area contributed by atoms with Gasteiger partial charge in [0.15, 0.2) is 5.78 Å². The number of Topliss-reactive ketones (excluding diaryl/α,β-unsaturated/α-hetero) is 1. The Hall–Kier alpha value is -2.63. The minimum atomic E-state index is -1.31. The van der Waals surface area contributed by atoms with Crippen molar-refractivity contribution in [3.63, 3.8) is 0 Å². The number of amides is 1. The van der Waals surface area contributed by atoms with E-state index in [4.69, 9.17) is 16.3 Å². The number of fused-ring (bicyclic) bond motifs is 1. The van der Waals surface area contributed by atoms with Crippen molar-refractivity contribution in [1.82, 2.24) is 0 Å². The second kappa shape index (κ2) is 6.76. The molecule has 1 aromatic heterocycles. The molecule has 0 radical (unpaired) electrons. The third-order valence-electron chi connectivity index (χ3n) is 5.24. The van der Waals surface area contributed by atoms with Crippen LogP contribution in [0.1, 0.15) is 28.4 Å². The molecule has 0 bridgehead atoms. The molecule has 3 aromatic rings. The van der Waals surface area contributed by atoms with Crippen LogP contribution in [-0.2, 0) is 10.2 Å². The summed E-state index contributed by atoms with van der Waals surface area (Å²) in [5, 5.41) is 3.39. The Morgan fingerprint density at radius 1 is 1.00 bits per heavy atom. The normalized spacial score (nSPS) is 18.6. The van der Waals surface area contributed by atoms with Gasteiger partial charge in [-0.15, -0.1) is 11.3 Å². The van der Waals surface area contributed by atoms with Crippen molar-refractivity contribution in [3.8, 4) is 16.9 Å². The lowest BCUT2D eigenvalue weighted by Crippen LogP contribution is -2.48. The second-order valence-electron chi connectivity index (χ2n) is 6.96. The number of benzene rings is 2. The summed E-state index contributed by atoms with van der Waals surface area (Å²) >= 11 is 7.71. The van der Waals surface area contributed by atoms with E-state index in [9.17, 15) is 9.59 Å². The van der Waals surface area contributed by atoms with Gasteiger partial charge in [0, 0.05) is 5.56 Å². The van der Waals surface area contributed by atoms with E-state index >= 15 is 0 Å². The summed E-state index contributed by atoms with van der Waals surface area (Å²) in [4.78, 5) is 26.6. The number of thiophene rings is 1. The highest BCUT2D eigenvalue weighted by Crippen LogP contribution is 2.49. The highest BCUT2D eigenvalue weighted by molar-refractivity contribution is 7.21. The van der Waals surface area contributed by atoms with Gasteiger partial charge in [-0.25, -0.2) is 0 Å². The van der Waals surface area contributed by atoms with Crippen LogP contribution in [0.4, 0.5) is 5.00 Å². The van der Waals surface area contributed by atoms with E-state index < -0.39 is 5.41 Å². The van der Waals surface area contributed by atoms with E-state index in [0.717, 1.165) is 11.1 Å². The van der Waals surface area contributed by atoms with E-state index in [0.29, 0.717) is 31.8 Å². The largest absolute Gasteiger partial charge is 0.497 e. The highest BCUT2D eigenvalue weighted by atomic mass is 35.5. The molecular formula is C22H18ClNO3S. The Morgan fingerprint density at radius 3 is 2.25 bits per heavy atom. The van der Waals surface area contributed by atoms with Crippen molar-refractivity contribution in [3.05, 3.63) is 69.6 Å². The van der Waals surface area contributed by atoms with Gasteiger partial charge in [-0.3, -0.25) is 9.59 Å². The SMILES string of the molecule is COc1ccc(-c2c(Cl)sc3c2C(=O)C(C)(c2ccc(C)cc2)C(=O)N3)cc1. The van der Waals surface area contributed by atoms with Crippen LogP contribution in [0, 0.1) is 6.92 Å². The maximum absolute atomic E-state index is 13.6. The van der Waals surface area contributed by atoms with Crippen molar-refractivity contribution in [2.45, 2.75) is 19.3 Å². The Balaban J connectivity index is 1.88. The molecule has 0 fully saturated rings. The molecule has 2 heterocycles. The summed E-state index contributed by atoms with van der Waals surface area (Å²) in [7, 11) is 1.60. The summed E-state index contributed by atoms with van der Waals surface area (Å²) in [5.74, 6) is 0.130. The van der Waals surface area contributed by atoms with Gasteiger partial charge in [0.25, 0.3) is 0 Å². The third-order valence-corrected chi connectivity index (χ3v) is 6.55. The highest BCUT2D eigenvalue weighted by Gasteiger charge is 2.49. The van der Waals surface area contributed by atoms with Crippen molar-refractivity contribution in [2.75, 3.05) is 12.4 Å². The summed E-state index contributed by atoms with van der Waals surface area (Å²) < 4.78 is 5.68. The molecule has 142 valence electrons. The first-order chi connectivity index (χ1) is 13.4. The number of rotatable bonds is 3. The quantitative estimate of drug-likeness (QED) is 0.581. The zero-order valence-electron chi connectivity index (χ0n) is 15.6. The predicted molar refractivity (Wildman–Crippen MR) is 113 cm³/mol. The second-order valence-corrected chi connectivity index (χ2v) is 8.58. The van der Waals surface area contributed by atoms with E-state index in [-0.39, 0.29) is 11.7 Å². The molecule has 4 nitrogen and oxygen atoms in total. The first kappa shape index (κ1) is 18.7. The first-order valence-corrected chi connectivity index (χ1v) is 9.96. The summed E-state index contributed by atoms with van der Waals surface area (Å²) in [6.45, 7) is 3.63. The number of hydrogen-bond donors (Lipinski definition) is 1. The lowest BCUT2D eigenvalue weighted by molar-refractivity contribution is -0.119. The Kier molecular flexibility index (Phi) is 4.52. The number of carbonyl (C=O) groups excluding carboxylic acids is 2. The van der Waals surface area contributed by atoms with Crippen LogP contribution >= 0.6 is 22.9 Å². The number of nitrogens with one attached hydrogen (secondary N) is 1. The molecule has 1 N–H and O–H groups in total. The third kappa shape index (κ3) is 2.74. The molecule has 2 aromatic carbocycles. The van der Waals surface area contributed by atoms with E-state index in [1.165, 1.54) is 11.3 Å². The summed E-state index contributed by atoms with van der Waals surface area (Å²) in [5.41, 5.74) is 2.32. The lowest BCUT2D eigenvalue weighted by atomic mass is 9.73. The van der Waals surface area contributed by atoms with Gasteiger partial charge in [-0.2, -0.15) is 0 Å². The number of halogens is 1. The average molecular weight is 412 g/mol. The van der Waals surface area contributed by atoms with Gasteiger partial charge >= 0.3 is 0 Å². The Labute approximate surface area is 172 Å². The number of hydrogen-bond acceptors (Lipinski definition) is 4. The van der Waals surface area contributed by atoms with Crippen LogP contribution in [0.2, 0.25) is 4.34 Å². The molecule has 0 saturated carbocycles. The van der Waals surface area contributed by atoms with Crippen molar-refractivity contribution < 1.29 is 14.3 Å². The number of anilines is 1. The maximum atomic E-state index is 13.6. The molecule has 1 aliphatic rings. The molecular weight excluding hydrogens is 394 g/mol. The van der Waals surface area contributed by atoms with Gasteiger partial charge < -0.3 is 10.1 Å². The zero-order valence-corrected chi connectivity index (χ0v) is 17.2. The van der Waals surface area contributed by atoms with Gasteiger partial charge in [0.1, 0.15) is 20.5 Å². The Bertz CT molecular complexity index is 1090. The minimum Gasteiger partial charge on any atom is -0.497 e. The van der Waals surface area contributed by atoms with E-state index in [2.05, 4.69) is 5.32 Å². The smallest absolute Gasteiger partial charge is 0.243 e. The van der Waals surface area contributed by atoms with Crippen LogP contribution < -0.4 is 10.1 Å². The predicted octanol–water partition coefficient (Wildman–Crippen LogP) is 5.48. The standard InChI is InChI=1S/C22H18ClNO3S/c1-12-4-8-14(9-5-12)22(2)18(25)17-16(13-6-10-15(27-3)11-7-13)19(23)28-20(17)24-21(22)26/h4-11H,1-3H3,(H,24,26). The lowest BCUT2D eigenvalue weighted by Gasteiger charge is -2.32. The van der Waals surface area contributed by atoms with Gasteiger partial charge in [0.2, 0.25) is 5.91 Å². The number of ketones is 1. The van der Waals surface area contributed by atoms with Crippen molar-refractivity contribution >= 4 is 39.6 Å². The van der Waals surface area contributed by atoms with Crippen LogP contribution in [0.5, 0.6) is 5.75 Å². The van der Waals surface area contributed by atoms with Gasteiger partial charge in [0.05, 0.1) is 12.7 Å².